The Bertz CT molecular complexity index is 956. The predicted octanol–water partition coefficient (Wildman–Crippen LogP) is 2.98. The largest absolute Gasteiger partial charge is 0.461 e. The number of nitrogens with one attached hydrogen (secondary N) is 1. The van der Waals surface area contributed by atoms with Gasteiger partial charge in [-0.1, -0.05) is 5.92 Å². The summed E-state index contributed by atoms with van der Waals surface area (Å²) in [6.45, 7) is 3.02. The van der Waals surface area contributed by atoms with Crippen molar-refractivity contribution in [3.63, 3.8) is 0 Å². The maximum Gasteiger partial charge on any atom is 0.410 e. The van der Waals surface area contributed by atoms with Gasteiger partial charge in [-0.2, -0.15) is 0 Å². The smallest absolute Gasteiger partial charge is 0.410 e. The fourth-order valence-corrected chi connectivity index (χ4v) is 4.52. The molecule has 1 saturated heterocycles. The normalized spacial score (nSPS) is 14.1. The van der Waals surface area contributed by atoms with E-state index in [0.29, 0.717) is 23.9 Å². The zero-order valence-electron chi connectivity index (χ0n) is 16.3. The monoisotopic (exact) mass is 448 g/mol. The standard InChI is InChI=1S/C19H20N4O5S2/c1-3-9-28-19(26)23-7-5-12(6-8-23)16-20-13(10-29-16)15(24)22-18-21-14(11-30-18)17(25)27-4-2/h1,10-12H,4-9H2,2H3,(H,21,22,24). The summed E-state index contributed by atoms with van der Waals surface area (Å²) in [5, 5.41) is 7.03. The van der Waals surface area contributed by atoms with E-state index >= 15 is 0 Å². The summed E-state index contributed by atoms with van der Waals surface area (Å²) >= 11 is 2.55. The number of carbonyl (C=O) groups excluding carboxylic acids is 3. The highest BCUT2D eigenvalue weighted by atomic mass is 32.1. The molecule has 30 heavy (non-hydrogen) atoms. The third kappa shape index (κ3) is 5.34. The SMILES string of the molecule is C#CCOC(=O)N1CCC(c2nc(C(=O)Nc3nc(C(=O)OCC)cs3)cs2)CC1. The Labute approximate surface area is 181 Å². The second-order valence-corrected chi connectivity index (χ2v) is 8.05. The Kier molecular flexibility index (Phi) is 7.37. The number of terminal acetylenes is 1. The van der Waals surface area contributed by atoms with Crippen LogP contribution in [0, 0.1) is 12.3 Å². The molecule has 1 aliphatic rings. The highest BCUT2D eigenvalue weighted by Crippen LogP contribution is 2.30. The quantitative estimate of drug-likeness (QED) is 0.534. The number of likely N-dealkylation sites (tertiary alicyclic amines) is 1. The summed E-state index contributed by atoms with van der Waals surface area (Å²) in [5.74, 6) is 1.52. The number of carbonyl (C=O) groups is 3. The average Bonchev–Trinajstić information content (AvgIpc) is 3.42. The van der Waals surface area contributed by atoms with Gasteiger partial charge in [-0.05, 0) is 19.8 Å². The summed E-state index contributed by atoms with van der Waals surface area (Å²) in [4.78, 5) is 46.1. The minimum Gasteiger partial charge on any atom is -0.461 e. The van der Waals surface area contributed by atoms with Gasteiger partial charge in [0.25, 0.3) is 5.91 Å². The first-order chi connectivity index (χ1) is 14.5. The van der Waals surface area contributed by atoms with Crippen LogP contribution in [0.15, 0.2) is 10.8 Å². The molecule has 2 amide bonds. The van der Waals surface area contributed by atoms with Gasteiger partial charge in [0.05, 0.1) is 11.6 Å². The molecule has 0 atom stereocenters. The van der Waals surface area contributed by atoms with Crippen molar-refractivity contribution in [3.05, 3.63) is 27.2 Å². The van der Waals surface area contributed by atoms with Crippen LogP contribution < -0.4 is 5.32 Å². The van der Waals surface area contributed by atoms with Gasteiger partial charge >= 0.3 is 12.1 Å². The molecule has 0 bridgehead atoms. The van der Waals surface area contributed by atoms with E-state index in [4.69, 9.17) is 15.9 Å². The van der Waals surface area contributed by atoms with Gasteiger partial charge in [-0.15, -0.1) is 29.1 Å². The van der Waals surface area contributed by atoms with Crippen molar-refractivity contribution in [2.75, 3.05) is 31.6 Å². The number of hydrogen-bond acceptors (Lipinski definition) is 9. The minimum atomic E-state index is -0.528. The maximum absolute atomic E-state index is 12.5. The molecule has 0 aliphatic carbocycles. The fraction of sp³-hybridized carbons (Fsp3) is 0.421. The van der Waals surface area contributed by atoms with Crippen LogP contribution in [-0.4, -0.2) is 59.1 Å². The van der Waals surface area contributed by atoms with Crippen molar-refractivity contribution in [1.82, 2.24) is 14.9 Å². The van der Waals surface area contributed by atoms with Crippen molar-refractivity contribution in [2.45, 2.75) is 25.7 Å². The zero-order valence-corrected chi connectivity index (χ0v) is 17.9. The van der Waals surface area contributed by atoms with Gasteiger partial charge in [-0.25, -0.2) is 19.6 Å². The van der Waals surface area contributed by atoms with E-state index in [1.165, 1.54) is 16.7 Å². The highest BCUT2D eigenvalue weighted by Gasteiger charge is 2.27. The van der Waals surface area contributed by atoms with Crippen LogP contribution in [0.1, 0.15) is 51.7 Å². The van der Waals surface area contributed by atoms with Gasteiger partial charge in [0, 0.05) is 29.8 Å². The lowest BCUT2D eigenvalue weighted by Crippen LogP contribution is -2.38. The molecular weight excluding hydrogens is 428 g/mol. The topological polar surface area (TPSA) is 111 Å². The van der Waals surface area contributed by atoms with Crippen molar-refractivity contribution in [3.8, 4) is 12.3 Å². The number of hydrogen-bond donors (Lipinski definition) is 1. The second-order valence-electron chi connectivity index (χ2n) is 6.30. The fourth-order valence-electron chi connectivity index (χ4n) is 2.87. The summed E-state index contributed by atoms with van der Waals surface area (Å²) in [7, 11) is 0. The predicted molar refractivity (Wildman–Crippen MR) is 112 cm³/mol. The van der Waals surface area contributed by atoms with Crippen LogP contribution >= 0.6 is 22.7 Å². The van der Waals surface area contributed by atoms with Gasteiger partial charge in [0.1, 0.15) is 5.69 Å². The Morgan fingerprint density at radius 1 is 1.20 bits per heavy atom. The minimum absolute atomic E-state index is 0.0376. The lowest BCUT2D eigenvalue weighted by molar-refractivity contribution is 0.0520. The van der Waals surface area contributed by atoms with Crippen molar-refractivity contribution in [2.24, 2.45) is 0 Å². The van der Waals surface area contributed by atoms with Crippen LogP contribution in [0.2, 0.25) is 0 Å². The lowest BCUT2D eigenvalue weighted by Gasteiger charge is -2.30. The van der Waals surface area contributed by atoms with Crippen molar-refractivity contribution < 1.29 is 23.9 Å². The van der Waals surface area contributed by atoms with Crippen molar-refractivity contribution >= 4 is 45.8 Å². The van der Waals surface area contributed by atoms with E-state index in [-0.39, 0.29) is 24.8 Å². The van der Waals surface area contributed by atoms with Crippen LogP contribution in [0.5, 0.6) is 0 Å². The molecule has 158 valence electrons. The third-order valence-electron chi connectivity index (χ3n) is 4.35. The first-order valence-electron chi connectivity index (χ1n) is 9.26. The molecule has 0 radical (unpaired) electrons. The summed E-state index contributed by atoms with van der Waals surface area (Å²) in [5.41, 5.74) is 0.447. The van der Waals surface area contributed by atoms with E-state index in [2.05, 4.69) is 21.2 Å². The lowest BCUT2D eigenvalue weighted by atomic mass is 9.98. The van der Waals surface area contributed by atoms with Gasteiger partial charge in [0.2, 0.25) is 0 Å². The van der Waals surface area contributed by atoms with Crippen molar-refractivity contribution in [1.29, 1.82) is 0 Å². The molecule has 3 rings (SSSR count). The van der Waals surface area contributed by atoms with Crippen LogP contribution in [0.4, 0.5) is 9.93 Å². The van der Waals surface area contributed by atoms with E-state index in [1.54, 1.807) is 17.2 Å². The number of amides is 2. The number of thiazole rings is 2. The first-order valence-corrected chi connectivity index (χ1v) is 11.0. The molecule has 9 nitrogen and oxygen atoms in total. The summed E-state index contributed by atoms with van der Waals surface area (Å²) in [6.07, 6.45) is 6.15. The molecule has 2 aromatic rings. The molecule has 1 N–H and O–H groups in total. The van der Waals surface area contributed by atoms with E-state index < -0.39 is 18.0 Å². The molecule has 3 heterocycles. The zero-order chi connectivity index (χ0) is 21.5. The molecule has 0 saturated carbocycles. The van der Waals surface area contributed by atoms with E-state index in [0.717, 1.165) is 29.2 Å². The highest BCUT2D eigenvalue weighted by molar-refractivity contribution is 7.14. The van der Waals surface area contributed by atoms with Gasteiger partial charge in [0.15, 0.2) is 17.4 Å². The number of aromatic nitrogens is 2. The van der Waals surface area contributed by atoms with E-state index in [9.17, 15) is 14.4 Å². The number of rotatable bonds is 6. The Hall–Kier alpha value is -2.97. The Morgan fingerprint density at radius 2 is 1.93 bits per heavy atom. The van der Waals surface area contributed by atoms with E-state index in [1.807, 2.05) is 0 Å². The molecule has 0 spiro atoms. The maximum atomic E-state index is 12.5. The Morgan fingerprint density at radius 3 is 2.63 bits per heavy atom. The molecule has 1 fully saturated rings. The first kappa shape index (κ1) is 21.7. The molecule has 1 aliphatic heterocycles. The number of nitrogens with zero attached hydrogens (tertiary/aromatic N) is 3. The average molecular weight is 449 g/mol. The molecular formula is C19H20N4O5S2. The molecule has 0 unspecified atom stereocenters. The molecule has 2 aromatic heterocycles. The number of esters is 1. The Balaban J connectivity index is 1.54. The van der Waals surface area contributed by atoms with Gasteiger partial charge in [-0.3, -0.25) is 10.1 Å². The third-order valence-corrected chi connectivity index (χ3v) is 6.11. The van der Waals surface area contributed by atoms with Crippen LogP contribution in [0.3, 0.4) is 0 Å². The van der Waals surface area contributed by atoms with Crippen LogP contribution in [0.25, 0.3) is 0 Å². The number of ether oxygens (including phenoxy) is 2. The summed E-state index contributed by atoms with van der Waals surface area (Å²) < 4.78 is 9.83. The number of piperidine rings is 1. The van der Waals surface area contributed by atoms with Gasteiger partial charge < -0.3 is 14.4 Å². The van der Waals surface area contributed by atoms with Crippen LogP contribution in [-0.2, 0) is 9.47 Å². The summed E-state index contributed by atoms with van der Waals surface area (Å²) in [6, 6.07) is 0. The molecule has 11 heteroatoms. The number of anilines is 1. The molecule has 0 aromatic carbocycles. The second kappa shape index (κ2) is 10.2.